The monoisotopic (exact) mass is 382 g/mol. The summed E-state index contributed by atoms with van der Waals surface area (Å²) in [5.41, 5.74) is 10.3. The van der Waals surface area contributed by atoms with E-state index in [-0.39, 0.29) is 17.2 Å². The number of carbonyl (C=O) groups excluding carboxylic acids is 2. The zero-order chi connectivity index (χ0) is 19.8. The number of fused-ring (bicyclic) bond motifs is 2. The smallest absolute Gasteiger partial charge is 0.312 e. The first kappa shape index (κ1) is 18.0. The number of halogens is 1. The quantitative estimate of drug-likeness (QED) is 0.377. The van der Waals surface area contributed by atoms with Crippen molar-refractivity contribution >= 4 is 29.2 Å². The van der Waals surface area contributed by atoms with Gasteiger partial charge in [0, 0.05) is 31.5 Å². The lowest BCUT2D eigenvalue weighted by atomic mass is 9.98. The van der Waals surface area contributed by atoms with Gasteiger partial charge in [-0.05, 0) is 36.1 Å². The molecule has 3 N–H and O–H groups in total. The number of nitrogens with two attached hydrogens (primary N) is 1. The Morgan fingerprint density at radius 1 is 1.29 bits per heavy atom. The minimum atomic E-state index is -0.930. The van der Waals surface area contributed by atoms with Crippen LogP contribution in [-0.4, -0.2) is 38.3 Å². The highest BCUT2D eigenvalue weighted by Gasteiger charge is 2.22. The maximum atomic E-state index is 13.7. The number of aryl methyl sites for hydroxylation is 2. The predicted molar refractivity (Wildman–Crippen MR) is 100 cm³/mol. The zero-order valence-electron chi connectivity index (χ0n) is 15.3. The van der Waals surface area contributed by atoms with Crippen LogP contribution in [0.15, 0.2) is 12.1 Å². The molecular weight excluding hydrogens is 363 g/mol. The number of hydrogen-bond donors (Lipinski definition) is 2. The molecule has 0 saturated heterocycles. The fraction of sp³-hybridized carbons (Fsp3) is 0.316. The van der Waals surface area contributed by atoms with Gasteiger partial charge in [0.25, 0.3) is 0 Å². The van der Waals surface area contributed by atoms with Crippen LogP contribution in [0.3, 0.4) is 0 Å². The molecule has 0 bridgehead atoms. The largest absolute Gasteiger partial charge is 0.382 e. The molecule has 1 aromatic carbocycles. The van der Waals surface area contributed by atoms with Crippen LogP contribution in [0, 0.1) is 13.0 Å². The van der Waals surface area contributed by atoms with Crippen LogP contribution in [0.1, 0.15) is 39.3 Å². The van der Waals surface area contributed by atoms with Gasteiger partial charge in [0.1, 0.15) is 5.82 Å². The third kappa shape index (κ3) is 3.08. The molecule has 3 aromatic rings. The predicted octanol–water partition coefficient (Wildman–Crippen LogP) is 1.32. The summed E-state index contributed by atoms with van der Waals surface area (Å²) in [5, 5.41) is 2.58. The average Bonchev–Trinajstić information content (AvgIpc) is 3.17. The summed E-state index contributed by atoms with van der Waals surface area (Å²) in [5.74, 6) is 0.728. The Bertz CT molecular complexity index is 1110. The number of nitrogens with one attached hydrogen (secondary N) is 1. The maximum Gasteiger partial charge on any atom is 0.312 e. The molecule has 1 aliphatic rings. The second-order valence-electron chi connectivity index (χ2n) is 6.84. The van der Waals surface area contributed by atoms with Crippen LogP contribution in [-0.2, 0) is 24.2 Å². The van der Waals surface area contributed by atoms with Crippen molar-refractivity contribution in [3.63, 3.8) is 0 Å². The minimum Gasteiger partial charge on any atom is -0.382 e. The van der Waals surface area contributed by atoms with Gasteiger partial charge in [0.15, 0.2) is 22.8 Å². The first-order valence-electron chi connectivity index (χ1n) is 8.98. The number of benzene rings is 1. The van der Waals surface area contributed by atoms with Gasteiger partial charge in [-0.2, -0.15) is 14.4 Å². The van der Waals surface area contributed by atoms with Gasteiger partial charge in [0.05, 0.1) is 0 Å². The topological polar surface area (TPSA) is 116 Å². The van der Waals surface area contributed by atoms with Gasteiger partial charge in [-0.15, -0.1) is 0 Å². The Morgan fingerprint density at radius 2 is 2.11 bits per heavy atom. The van der Waals surface area contributed by atoms with Crippen molar-refractivity contribution in [2.24, 2.45) is 0 Å². The van der Waals surface area contributed by atoms with Crippen LogP contribution in [0.5, 0.6) is 0 Å². The van der Waals surface area contributed by atoms with Crippen molar-refractivity contribution in [3.8, 4) is 0 Å². The second kappa shape index (κ2) is 6.99. The summed E-state index contributed by atoms with van der Waals surface area (Å²) < 4.78 is 15.4. The van der Waals surface area contributed by atoms with Crippen molar-refractivity contribution in [3.05, 3.63) is 46.3 Å². The third-order valence-electron chi connectivity index (χ3n) is 5.07. The molecule has 9 heteroatoms. The number of nitrogens with zero attached hydrogens (tertiary/aromatic N) is 4. The molecule has 1 amide bonds. The SMILES string of the molecule is Cc1cc2c(cc1Cc1nc3c(N)nc(F)nc3n1CCNC=O)C(=O)CC2. The number of Topliss-reactive ketones (excluding diaryl/α,β-unsaturated/α-hetero) is 1. The number of anilines is 1. The fourth-order valence-electron chi connectivity index (χ4n) is 3.67. The van der Waals surface area contributed by atoms with Crippen LogP contribution < -0.4 is 11.1 Å². The van der Waals surface area contributed by atoms with Gasteiger partial charge in [-0.1, -0.05) is 6.07 Å². The number of imidazole rings is 1. The molecule has 1 aliphatic carbocycles. The molecule has 0 atom stereocenters. The molecule has 28 heavy (non-hydrogen) atoms. The molecule has 0 fully saturated rings. The van der Waals surface area contributed by atoms with E-state index in [9.17, 15) is 14.0 Å². The number of hydrogen-bond acceptors (Lipinski definition) is 6. The van der Waals surface area contributed by atoms with E-state index in [2.05, 4.69) is 20.3 Å². The highest BCUT2D eigenvalue weighted by atomic mass is 19.1. The Balaban J connectivity index is 1.79. The van der Waals surface area contributed by atoms with E-state index in [0.717, 1.165) is 28.7 Å². The van der Waals surface area contributed by atoms with Gasteiger partial charge >= 0.3 is 6.08 Å². The second-order valence-corrected chi connectivity index (χ2v) is 6.84. The summed E-state index contributed by atoms with van der Waals surface area (Å²) in [6.45, 7) is 2.67. The highest BCUT2D eigenvalue weighted by Crippen LogP contribution is 2.28. The number of amides is 1. The van der Waals surface area contributed by atoms with E-state index in [4.69, 9.17) is 5.73 Å². The molecule has 144 valence electrons. The van der Waals surface area contributed by atoms with Crippen molar-refractivity contribution in [1.82, 2.24) is 24.8 Å². The summed E-state index contributed by atoms with van der Waals surface area (Å²) in [4.78, 5) is 34.6. The number of rotatable bonds is 6. The van der Waals surface area contributed by atoms with Gasteiger partial charge in [-0.25, -0.2) is 4.98 Å². The summed E-state index contributed by atoms with van der Waals surface area (Å²) in [6.07, 6.45) is 1.40. The number of nitrogen functional groups attached to an aromatic ring is 1. The summed E-state index contributed by atoms with van der Waals surface area (Å²) in [6, 6.07) is 3.97. The number of aromatic nitrogens is 4. The summed E-state index contributed by atoms with van der Waals surface area (Å²) in [7, 11) is 0. The number of ketones is 1. The van der Waals surface area contributed by atoms with Crippen molar-refractivity contribution in [2.75, 3.05) is 12.3 Å². The molecule has 0 aliphatic heterocycles. The van der Waals surface area contributed by atoms with Gasteiger partial charge < -0.3 is 15.6 Å². The van der Waals surface area contributed by atoms with E-state index in [1.54, 1.807) is 4.57 Å². The van der Waals surface area contributed by atoms with Crippen LogP contribution >= 0.6 is 0 Å². The Kier molecular flexibility index (Phi) is 4.50. The molecule has 2 aromatic heterocycles. The fourth-order valence-corrected chi connectivity index (χ4v) is 3.67. The molecular formula is C19H19FN6O2. The van der Waals surface area contributed by atoms with Crippen LogP contribution in [0.25, 0.3) is 11.2 Å². The third-order valence-corrected chi connectivity index (χ3v) is 5.07. The Hall–Kier alpha value is -3.36. The lowest BCUT2D eigenvalue weighted by Crippen LogP contribution is -2.19. The zero-order valence-corrected chi connectivity index (χ0v) is 15.3. The Labute approximate surface area is 160 Å². The van der Waals surface area contributed by atoms with Crippen molar-refractivity contribution in [1.29, 1.82) is 0 Å². The average molecular weight is 382 g/mol. The number of carbonyl (C=O) groups is 2. The normalized spacial score (nSPS) is 13.1. The molecule has 2 heterocycles. The molecule has 0 unspecified atom stereocenters. The van der Waals surface area contributed by atoms with Gasteiger partial charge in [-0.3, -0.25) is 9.59 Å². The standard InChI is InChI=1S/C19H19FN6O2/c1-10-6-11-2-3-14(28)13(11)7-12(10)8-15-23-16-17(21)24-19(20)25-18(16)26(15)5-4-22-9-27/h6-7,9H,2-5,8H2,1H3,(H,22,27)(H2,21,24,25). The molecule has 4 rings (SSSR count). The van der Waals surface area contributed by atoms with Crippen molar-refractivity contribution in [2.45, 2.75) is 32.7 Å². The molecule has 8 nitrogen and oxygen atoms in total. The first-order valence-corrected chi connectivity index (χ1v) is 8.98. The lowest BCUT2D eigenvalue weighted by molar-refractivity contribution is -0.109. The van der Waals surface area contributed by atoms with E-state index < -0.39 is 6.08 Å². The Morgan fingerprint density at radius 3 is 2.89 bits per heavy atom. The summed E-state index contributed by atoms with van der Waals surface area (Å²) >= 11 is 0. The van der Waals surface area contributed by atoms with E-state index in [1.165, 1.54) is 0 Å². The van der Waals surface area contributed by atoms with Gasteiger partial charge in [0.2, 0.25) is 6.41 Å². The van der Waals surface area contributed by atoms with E-state index in [0.29, 0.717) is 43.7 Å². The maximum absolute atomic E-state index is 13.7. The first-order chi connectivity index (χ1) is 13.5. The molecule has 0 spiro atoms. The van der Waals surface area contributed by atoms with E-state index >= 15 is 0 Å². The minimum absolute atomic E-state index is 0.0355. The van der Waals surface area contributed by atoms with E-state index in [1.807, 2.05) is 19.1 Å². The van der Waals surface area contributed by atoms with Crippen LogP contribution in [0.2, 0.25) is 0 Å². The highest BCUT2D eigenvalue weighted by molar-refractivity contribution is 6.00. The van der Waals surface area contributed by atoms with Crippen molar-refractivity contribution < 1.29 is 14.0 Å². The lowest BCUT2D eigenvalue weighted by Gasteiger charge is -2.11. The molecule has 0 saturated carbocycles. The molecule has 0 radical (unpaired) electrons. The van der Waals surface area contributed by atoms with Crippen LogP contribution in [0.4, 0.5) is 10.2 Å².